The number of carbonyl (C=O) groups is 2. The summed E-state index contributed by atoms with van der Waals surface area (Å²) in [6.07, 6.45) is 5.22. The van der Waals surface area contributed by atoms with E-state index in [4.69, 9.17) is 4.74 Å². The van der Waals surface area contributed by atoms with Crippen LogP contribution in [0.4, 0.5) is 4.39 Å². The van der Waals surface area contributed by atoms with Crippen LogP contribution in [-0.4, -0.2) is 66.6 Å². The molecule has 1 aliphatic heterocycles. The summed E-state index contributed by atoms with van der Waals surface area (Å²) >= 11 is 0. The van der Waals surface area contributed by atoms with Gasteiger partial charge in [-0.3, -0.25) is 9.59 Å². The summed E-state index contributed by atoms with van der Waals surface area (Å²) in [5.74, 6) is -2.24. The highest BCUT2D eigenvalue weighted by atomic mass is 32.2. The molecule has 168 valence electrons. The van der Waals surface area contributed by atoms with Crippen molar-refractivity contribution in [2.75, 3.05) is 26.2 Å². The van der Waals surface area contributed by atoms with Crippen LogP contribution in [0.5, 0.6) is 0 Å². The van der Waals surface area contributed by atoms with Crippen molar-refractivity contribution in [2.24, 2.45) is 0 Å². The highest BCUT2D eigenvalue weighted by Crippen LogP contribution is 2.22. The second kappa shape index (κ2) is 10.5. The average Bonchev–Trinajstić information content (AvgIpc) is 3.29. The fraction of sp³-hybridized carbons (Fsp3) is 0.421. The van der Waals surface area contributed by atoms with Gasteiger partial charge in [-0.15, -0.1) is 0 Å². The van der Waals surface area contributed by atoms with Crippen molar-refractivity contribution >= 4 is 21.8 Å². The standard InChI is InChI=1S/C19H24FN5O5S/c20-15-3-5-16(6-4-15)31(28,29)25-10-2-12-30-17(25)13-23-19(27)18(26)22-7-1-9-24-11-8-21-14-24/h3-6,8,11,14,17H,1-2,7,9-10,12-13H2,(H,22,26)(H,23,27)/t17-/m1/s1. The van der Waals surface area contributed by atoms with E-state index in [0.29, 0.717) is 32.5 Å². The third-order valence-electron chi connectivity index (χ3n) is 4.66. The molecule has 1 aliphatic rings. The summed E-state index contributed by atoms with van der Waals surface area (Å²) in [5.41, 5.74) is 0. The van der Waals surface area contributed by atoms with Crippen LogP contribution in [0, 0.1) is 5.82 Å². The predicted octanol–water partition coefficient (Wildman–Crippen LogP) is 0.0820. The van der Waals surface area contributed by atoms with Gasteiger partial charge < -0.3 is 19.9 Å². The number of nitrogens with one attached hydrogen (secondary N) is 2. The molecule has 1 saturated heterocycles. The van der Waals surface area contributed by atoms with Gasteiger partial charge in [0.15, 0.2) is 0 Å². The molecule has 0 bridgehead atoms. The van der Waals surface area contributed by atoms with Crippen molar-refractivity contribution in [3.8, 4) is 0 Å². The number of hydrogen-bond donors (Lipinski definition) is 2. The minimum Gasteiger partial charge on any atom is -0.360 e. The van der Waals surface area contributed by atoms with Crippen LogP contribution in [0.3, 0.4) is 0 Å². The number of amides is 2. The number of imidazole rings is 1. The molecule has 0 saturated carbocycles. The van der Waals surface area contributed by atoms with Crippen LogP contribution in [0.1, 0.15) is 12.8 Å². The zero-order valence-corrected chi connectivity index (χ0v) is 17.6. The topological polar surface area (TPSA) is 123 Å². The number of carbonyl (C=O) groups excluding carboxylic acids is 2. The second-order valence-corrected chi connectivity index (χ2v) is 8.76. The number of nitrogens with zero attached hydrogens (tertiary/aromatic N) is 3. The van der Waals surface area contributed by atoms with E-state index in [9.17, 15) is 22.4 Å². The second-order valence-electron chi connectivity index (χ2n) is 6.87. The maximum atomic E-state index is 13.1. The van der Waals surface area contributed by atoms with Gasteiger partial charge in [0.2, 0.25) is 10.0 Å². The van der Waals surface area contributed by atoms with E-state index in [1.165, 1.54) is 12.1 Å². The van der Waals surface area contributed by atoms with Crippen LogP contribution in [0.2, 0.25) is 0 Å². The Morgan fingerprint density at radius 2 is 1.94 bits per heavy atom. The highest BCUT2D eigenvalue weighted by molar-refractivity contribution is 7.89. The molecule has 1 aromatic carbocycles. The third kappa shape index (κ3) is 6.09. The lowest BCUT2D eigenvalue weighted by Gasteiger charge is -2.34. The summed E-state index contributed by atoms with van der Waals surface area (Å²) in [6, 6.07) is 4.47. The number of aryl methyl sites for hydroxylation is 1. The van der Waals surface area contributed by atoms with Crippen molar-refractivity contribution in [1.82, 2.24) is 24.5 Å². The monoisotopic (exact) mass is 453 g/mol. The van der Waals surface area contributed by atoms with Crippen molar-refractivity contribution in [2.45, 2.75) is 30.5 Å². The Hall–Kier alpha value is -2.83. The first-order valence-corrected chi connectivity index (χ1v) is 11.2. The van der Waals surface area contributed by atoms with Crippen LogP contribution in [-0.2, 0) is 30.9 Å². The number of halogens is 1. The molecule has 2 N–H and O–H groups in total. The van der Waals surface area contributed by atoms with Gasteiger partial charge in [0.1, 0.15) is 12.0 Å². The minimum atomic E-state index is -3.95. The Labute approximate surface area is 179 Å². The fourth-order valence-electron chi connectivity index (χ4n) is 3.07. The Kier molecular flexibility index (Phi) is 7.71. The first-order valence-electron chi connectivity index (χ1n) is 9.79. The fourth-order valence-corrected chi connectivity index (χ4v) is 4.63. The predicted molar refractivity (Wildman–Crippen MR) is 108 cm³/mol. The van der Waals surface area contributed by atoms with Crippen molar-refractivity contribution in [3.63, 3.8) is 0 Å². The summed E-state index contributed by atoms with van der Waals surface area (Å²) < 4.78 is 47.4. The van der Waals surface area contributed by atoms with Gasteiger partial charge in [-0.05, 0) is 37.1 Å². The molecule has 3 rings (SSSR count). The first kappa shape index (κ1) is 22.8. The molecule has 2 amide bonds. The molecule has 10 nitrogen and oxygen atoms in total. The van der Waals surface area contributed by atoms with Crippen LogP contribution < -0.4 is 10.6 Å². The van der Waals surface area contributed by atoms with Crippen LogP contribution in [0.15, 0.2) is 47.9 Å². The third-order valence-corrected chi connectivity index (χ3v) is 6.56. The lowest BCUT2D eigenvalue weighted by atomic mass is 10.3. The molecule has 1 fully saturated rings. The minimum absolute atomic E-state index is 0.0774. The molecular formula is C19H24FN5O5S. The lowest BCUT2D eigenvalue weighted by Crippen LogP contribution is -2.53. The molecule has 12 heteroatoms. The Bertz CT molecular complexity index is 982. The van der Waals surface area contributed by atoms with E-state index in [2.05, 4.69) is 15.6 Å². The maximum absolute atomic E-state index is 13.1. The number of ether oxygens (including phenoxy) is 1. The molecule has 2 heterocycles. The molecule has 1 atom stereocenters. The van der Waals surface area contributed by atoms with Gasteiger partial charge in [-0.1, -0.05) is 0 Å². The highest BCUT2D eigenvalue weighted by Gasteiger charge is 2.34. The van der Waals surface area contributed by atoms with Gasteiger partial charge in [-0.25, -0.2) is 17.8 Å². The number of sulfonamides is 1. The number of aromatic nitrogens is 2. The number of hydrogen-bond acceptors (Lipinski definition) is 6. The van der Waals surface area contributed by atoms with Gasteiger partial charge in [0, 0.05) is 32.0 Å². The van der Waals surface area contributed by atoms with Gasteiger partial charge in [-0.2, -0.15) is 4.31 Å². The zero-order chi connectivity index (χ0) is 22.3. The average molecular weight is 453 g/mol. The Morgan fingerprint density at radius 1 is 1.19 bits per heavy atom. The van der Waals surface area contributed by atoms with E-state index in [-0.39, 0.29) is 18.0 Å². The van der Waals surface area contributed by atoms with Gasteiger partial charge in [0.05, 0.1) is 24.4 Å². The molecule has 0 spiro atoms. The quantitative estimate of drug-likeness (QED) is 0.431. The van der Waals surface area contributed by atoms with E-state index < -0.39 is 33.9 Å². The molecule has 1 aromatic heterocycles. The van der Waals surface area contributed by atoms with Gasteiger partial charge >= 0.3 is 11.8 Å². The zero-order valence-electron chi connectivity index (χ0n) is 16.7. The molecule has 0 radical (unpaired) electrons. The largest absolute Gasteiger partial charge is 0.360 e. The van der Waals surface area contributed by atoms with Crippen LogP contribution in [0.25, 0.3) is 0 Å². The van der Waals surface area contributed by atoms with E-state index in [1.54, 1.807) is 18.7 Å². The maximum Gasteiger partial charge on any atom is 0.309 e. The summed E-state index contributed by atoms with van der Waals surface area (Å²) in [7, 11) is -3.95. The molecular weight excluding hydrogens is 429 g/mol. The molecule has 0 aliphatic carbocycles. The van der Waals surface area contributed by atoms with E-state index in [0.717, 1.165) is 16.4 Å². The van der Waals surface area contributed by atoms with Gasteiger partial charge in [0.25, 0.3) is 0 Å². The summed E-state index contributed by atoms with van der Waals surface area (Å²) in [6.45, 7) is 1.25. The SMILES string of the molecule is O=C(NCCCn1ccnc1)C(=O)NC[C@H]1OCCCN1S(=O)(=O)c1ccc(F)cc1. The smallest absolute Gasteiger partial charge is 0.309 e. The van der Waals surface area contributed by atoms with E-state index in [1.807, 2.05) is 4.57 Å². The normalized spacial score (nSPS) is 17.3. The van der Waals surface area contributed by atoms with E-state index >= 15 is 0 Å². The van der Waals surface area contributed by atoms with Crippen molar-refractivity contribution in [3.05, 3.63) is 48.8 Å². The first-order chi connectivity index (χ1) is 14.9. The van der Waals surface area contributed by atoms with Crippen molar-refractivity contribution in [1.29, 1.82) is 0 Å². The summed E-state index contributed by atoms with van der Waals surface area (Å²) in [5, 5.41) is 4.92. The Morgan fingerprint density at radius 3 is 2.65 bits per heavy atom. The molecule has 2 aromatic rings. The van der Waals surface area contributed by atoms with Crippen molar-refractivity contribution < 1.29 is 27.1 Å². The summed E-state index contributed by atoms with van der Waals surface area (Å²) in [4.78, 5) is 27.9. The molecule has 0 unspecified atom stereocenters. The van der Waals surface area contributed by atoms with Crippen LogP contribution >= 0.6 is 0 Å². The molecule has 31 heavy (non-hydrogen) atoms. The Balaban J connectivity index is 1.50. The number of benzene rings is 1. The lowest BCUT2D eigenvalue weighted by molar-refractivity contribution is -0.140. The number of rotatable bonds is 8.